The van der Waals surface area contributed by atoms with Gasteiger partial charge in [0, 0.05) is 19.0 Å². The molecular formula is C12H24N2O3. The maximum absolute atomic E-state index is 11.9. The number of nitrogens with two attached hydrogens (primary N) is 1. The van der Waals surface area contributed by atoms with E-state index in [-0.39, 0.29) is 6.09 Å². The molecule has 0 aromatic heterocycles. The van der Waals surface area contributed by atoms with Gasteiger partial charge in [-0.05, 0) is 33.7 Å². The number of nitrogens with zero attached hydrogens (tertiary/aromatic N) is 1. The first-order valence-electron chi connectivity index (χ1n) is 6.18. The Labute approximate surface area is 103 Å². The van der Waals surface area contributed by atoms with E-state index in [1.54, 1.807) is 4.90 Å². The molecule has 0 saturated carbocycles. The summed E-state index contributed by atoms with van der Waals surface area (Å²) < 4.78 is 10.8. The number of ether oxygens (including phenoxy) is 2. The van der Waals surface area contributed by atoms with Crippen LogP contribution < -0.4 is 5.73 Å². The van der Waals surface area contributed by atoms with Gasteiger partial charge >= 0.3 is 6.09 Å². The molecule has 5 nitrogen and oxygen atoms in total. The lowest BCUT2D eigenvalue weighted by molar-refractivity contribution is 0.0233. The number of amides is 1. The van der Waals surface area contributed by atoms with Crippen molar-refractivity contribution in [2.45, 2.75) is 32.8 Å². The normalized spacial score (nSPS) is 22.1. The predicted molar refractivity (Wildman–Crippen MR) is 65.8 cm³/mol. The molecule has 1 aliphatic heterocycles. The molecule has 0 bridgehead atoms. The van der Waals surface area contributed by atoms with Crippen LogP contribution in [0.1, 0.15) is 27.2 Å². The summed E-state index contributed by atoms with van der Waals surface area (Å²) in [5.74, 6) is 0.315. The van der Waals surface area contributed by atoms with Crippen molar-refractivity contribution in [1.29, 1.82) is 0 Å². The van der Waals surface area contributed by atoms with Crippen molar-refractivity contribution in [2.75, 3.05) is 32.8 Å². The molecule has 0 aliphatic carbocycles. The van der Waals surface area contributed by atoms with Gasteiger partial charge < -0.3 is 20.1 Å². The Balaban J connectivity index is 2.53. The van der Waals surface area contributed by atoms with E-state index in [1.807, 2.05) is 20.8 Å². The second-order valence-corrected chi connectivity index (χ2v) is 5.44. The summed E-state index contributed by atoms with van der Waals surface area (Å²) in [6, 6.07) is 0. The van der Waals surface area contributed by atoms with Gasteiger partial charge in [0.15, 0.2) is 0 Å². The van der Waals surface area contributed by atoms with Gasteiger partial charge in [-0.25, -0.2) is 4.79 Å². The van der Waals surface area contributed by atoms with E-state index in [0.717, 1.165) is 6.42 Å². The Kier molecular flexibility index (Phi) is 5.21. The van der Waals surface area contributed by atoms with E-state index in [9.17, 15) is 4.79 Å². The highest BCUT2D eigenvalue weighted by Crippen LogP contribution is 2.14. The highest BCUT2D eigenvalue weighted by Gasteiger charge is 2.26. The molecule has 0 radical (unpaired) electrons. The van der Waals surface area contributed by atoms with Crippen LogP contribution >= 0.6 is 0 Å². The fourth-order valence-electron chi connectivity index (χ4n) is 1.78. The van der Waals surface area contributed by atoms with Gasteiger partial charge in [0.1, 0.15) is 5.60 Å². The summed E-state index contributed by atoms with van der Waals surface area (Å²) in [5, 5.41) is 0. The van der Waals surface area contributed by atoms with Gasteiger partial charge in [0.2, 0.25) is 0 Å². The van der Waals surface area contributed by atoms with Crippen LogP contribution in [0.2, 0.25) is 0 Å². The van der Waals surface area contributed by atoms with Crippen LogP contribution in [0.5, 0.6) is 0 Å². The molecule has 1 aliphatic rings. The molecule has 0 spiro atoms. The zero-order valence-electron chi connectivity index (χ0n) is 11.1. The van der Waals surface area contributed by atoms with Crippen LogP contribution in [0.15, 0.2) is 0 Å². The third kappa shape index (κ3) is 5.37. The molecule has 1 unspecified atom stereocenters. The van der Waals surface area contributed by atoms with Crippen molar-refractivity contribution in [3.8, 4) is 0 Å². The molecular weight excluding hydrogens is 220 g/mol. The van der Waals surface area contributed by atoms with Crippen molar-refractivity contribution in [3.63, 3.8) is 0 Å². The van der Waals surface area contributed by atoms with Gasteiger partial charge in [-0.1, -0.05) is 0 Å². The maximum atomic E-state index is 11.9. The fourth-order valence-corrected chi connectivity index (χ4v) is 1.78. The standard InChI is InChI=1S/C12H24N2O3/c1-12(2,3)17-11(15)14-6-7-16-9-10(8-14)4-5-13/h10H,4-9,13H2,1-3H3. The lowest BCUT2D eigenvalue weighted by Gasteiger charge is -2.27. The quantitative estimate of drug-likeness (QED) is 0.793. The van der Waals surface area contributed by atoms with Crippen LogP contribution in [0.3, 0.4) is 0 Å². The first-order chi connectivity index (χ1) is 7.92. The van der Waals surface area contributed by atoms with Gasteiger partial charge in [-0.3, -0.25) is 0 Å². The fraction of sp³-hybridized carbons (Fsp3) is 0.917. The van der Waals surface area contributed by atoms with Crippen LogP contribution in [0, 0.1) is 5.92 Å². The maximum Gasteiger partial charge on any atom is 0.410 e. The molecule has 1 amide bonds. The van der Waals surface area contributed by atoms with E-state index >= 15 is 0 Å². The second kappa shape index (κ2) is 6.21. The zero-order chi connectivity index (χ0) is 12.9. The number of carbonyl (C=O) groups is 1. The Hall–Kier alpha value is -0.810. The molecule has 100 valence electrons. The van der Waals surface area contributed by atoms with Crippen LogP contribution in [-0.4, -0.2) is 49.4 Å². The monoisotopic (exact) mass is 244 g/mol. The highest BCUT2D eigenvalue weighted by molar-refractivity contribution is 5.68. The number of hydrogen-bond acceptors (Lipinski definition) is 4. The van der Waals surface area contributed by atoms with Gasteiger partial charge in [-0.2, -0.15) is 0 Å². The van der Waals surface area contributed by atoms with Gasteiger partial charge in [0.25, 0.3) is 0 Å². The molecule has 17 heavy (non-hydrogen) atoms. The molecule has 1 atom stereocenters. The van der Waals surface area contributed by atoms with Crippen LogP contribution in [0.4, 0.5) is 4.79 Å². The predicted octanol–water partition coefficient (Wildman–Crippen LogP) is 1.22. The Morgan fingerprint density at radius 3 is 2.82 bits per heavy atom. The minimum Gasteiger partial charge on any atom is -0.444 e. The van der Waals surface area contributed by atoms with E-state index in [2.05, 4.69) is 0 Å². The Morgan fingerprint density at radius 2 is 2.24 bits per heavy atom. The number of carbonyl (C=O) groups excluding carboxylic acids is 1. The molecule has 1 rings (SSSR count). The Morgan fingerprint density at radius 1 is 1.53 bits per heavy atom. The summed E-state index contributed by atoms with van der Waals surface area (Å²) in [6.45, 7) is 8.75. The third-order valence-electron chi connectivity index (χ3n) is 2.56. The minimum absolute atomic E-state index is 0.259. The van der Waals surface area contributed by atoms with E-state index in [1.165, 1.54) is 0 Å². The average molecular weight is 244 g/mol. The lowest BCUT2D eigenvalue weighted by atomic mass is 10.1. The van der Waals surface area contributed by atoms with Crippen molar-refractivity contribution >= 4 is 6.09 Å². The molecule has 5 heteroatoms. The average Bonchev–Trinajstić information content (AvgIpc) is 2.41. The summed E-state index contributed by atoms with van der Waals surface area (Å²) in [7, 11) is 0. The van der Waals surface area contributed by atoms with Crippen molar-refractivity contribution in [1.82, 2.24) is 4.90 Å². The first-order valence-corrected chi connectivity index (χ1v) is 6.18. The highest BCUT2D eigenvalue weighted by atomic mass is 16.6. The van der Waals surface area contributed by atoms with Gasteiger partial charge in [0.05, 0.1) is 13.2 Å². The third-order valence-corrected chi connectivity index (χ3v) is 2.56. The van der Waals surface area contributed by atoms with E-state index in [0.29, 0.717) is 38.8 Å². The van der Waals surface area contributed by atoms with E-state index in [4.69, 9.17) is 15.2 Å². The molecule has 1 heterocycles. The molecule has 2 N–H and O–H groups in total. The SMILES string of the molecule is CC(C)(C)OC(=O)N1CCOCC(CCN)C1. The molecule has 1 saturated heterocycles. The smallest absolute Gasteiger partial charge is 0.410 e. The minimum atomic E-state index is -0.451. The summed E-state index contributed by atoms with van der Waals surface area (Å²) >= 11 is 0. The molecule has 0 aromatic rings. The van der Waals surface area contributed by atoms with Crippen LogP contribution in [-0.2, 0) is 9.47 Å². The summed E-state index contributed by atoms with van der Waals surface area (Å²) in [4.78, 5) is 13.7. The lowest BCUT2D eigenvalue weighted by Crippen LogP contribution is -2.40. The van der Waals surface area contributed by atoms with E-state index < -0.39 is 5.60 Å². The Bertz CT molecular complexity index is 251. The van der Waals surface area contributed by atoms with Crippen molar-refractivity contribution < 1.29 is 14.3 Å². The molecule has 1 fully saturated rings. The first kappa shape index (κ1) is 14.3. The van der Waals surface area contributed by atoms with Crippen molar-refractivity contribution in [2.24, 2.45) is 11.7 Å². The second-order valence-electron chi connectivity index (χ2n) is 5.44. The zero-order valence-corrected chi connectivity index (χ0v) is 11.1. The summed E-state index contributed by atoms with van der Waals surface area (Å²) in [5.41, 5.74) is 5.09. The van der Waals surface area contributed by atoms with Crippen molar-refractivity contribution in [3.05, 3.63) is 0 Å². The van der Waals surface area contributed by atoms with Gasteiger partial charge in [-0.15, -0.1) is 0 Å². The topological polar surface area (TPSA) is 64.8 Å². The van der Waals surface area contributed by atoms with Crippen LogP contribution in [0.25, 0.3) is 0 Å². The number of hydrogen-bond donors (Lipinski definition) is 1. The largest absolute Gasteiger partial charge is 0.444 e. The summed E-state index contributed by atoms with van der Waals surface area (Å²) in [6.07, 6.45) is 0.615. The molecule has 0 aromatic carbocycles. The number of rotatable bonds is 2.